The first kappa shape index (κ1) is 21.4. The van der Waals surface area contributed by atoms with Gasteiger partial charge < -0.3 is 4.98 Å². The second-order valence-electron chi connectivity index (χ2n) is 7.19. The largest absolute Gasteiger partial charge is 0.417 e. The number of rotatable bonds is 4. The smallest absolute Gasteiger partial charge is 0.354 e. The van der Waals surface area contributed by atoms with Crippen LogP contribution in [0.15, 0.2) is 65.6 Å². The zero-order valence-corrected chi connectivity index (χ0v) is 17.3. The van der Waals surface area contributed by atoms with Crippen LogP contribution in [0.1, 0.15) is 5.56 Å². The van der Waals surface area contributed by atoms with E-state index in [1.54, 1.807) is 42.7 Å². The van der Waals surface area contributed by atoms with Gasteiger partial charge in [-0.2, -0.15) is 13.2 Å². The van der Waals surface area contributed by atoms with E-state index in [-0.39, 0.29) is 16.8 Å². The number of hydrogen-bond acceptors (Lipinski definition) is 2. The molecule has 0 saturated carbocycles. The van der Waals surface area contributed by atoms with Crippen LogP contribution in [-0.4, -0.2) is 23.4 Å². The molecule has 1 heterocycles. The fourth-order valence-corrected chi connectivity index (χ4v) is 4.19. The number of aromatic amines is 1. The van der Waals surface area contributed by atoms with Gasteiger partial charge in [-0.1, -0.05) is 18.2 Å². The molecule has 4 rings (SSSR count). The minimum absolute atomic E-state index is 0.0392. The minimum Gasteiger partial charge on any atom is -0.354 e. The summed E-state index contributed by atoms with van der Waals surface area (Å²) in [6, 6.07) is 14.1. The number of aromatic nitrogens is 1. The average Bonchev–Trinajstić information content (AvgIpc) is 3.09. The first-order valence-electron chi connectivity index (χ1n) is 9.27. The Morgan fingerprint density at radius 3 is 2.23 bits per heavy atom. The standard InChI is InChI=1S/C23H17F5N2S/c1-30(2)31-15-7-8-16(17(12-15)23(26,27)28)13-6-9-20-14(10-13)11-21(29-20)22-18(24)4-3-5-19(22)25/h3-12,29H,1-2H3. The van der Waals surface area contributed by atoms with E-state index in [0.717, 1.165) is 18.2 Å². The second-order valence-corrected chi connectivity index (χ2v) is 8.57. The quantitative estimate of drug-likeness (QED) is 0.260. The lowest BCUT2D eigenvalue weighted by Gasteiger charge is -2.16. The lowest BCUT2D eigenvalue weighted by molar-refractivity contribution is -0.137. The van der Waals surface area contributed by atoms with Crippen molar-refractivity contribution in [2.24, 2.45) is 0 Å². The van der Waals surface area contributed by atoms with Gasteiger partial charge in [0, 0.05) is 15.8 Å². The van der Waals surface area contributed by atoms with Crippen molar-refractivity contribution < 1.29 is 22.0 Å². The van der Waals surface area contributed by atoms with E-state index in [1.807, 2.05) is 0 Å². The maximum atomic E-state index is 14.1. The molecule has 8 heteroatoms. The molecule has 0 aliphatic carbocycles. The molecule has 31 heavy (non-hydrogen) atoms. The SMILES string of the molecule is CN(C)Sc1ccc(-c2ccc3[nH]c(-c4c(F)cccc4F)cc3c2)c(C(F)(F)F)c1. The maximum Gasteiger partial charge on any atom is 0.417 e. The van der Waals surface area contributed by atoms with E-state index < -0.39 is 23.4 Å². The van der Waals surface area contributed by atoms with E-state index in [4.69, 9.17) is 0 Å². The van der Waals surface area contributed by atoms with Crippen molar-refractivity contribution in [3.8, 4) is 22.4 Å². The number of fused-ring (bicyclic) bond motifs is 1. The van der Waals surface area contributed by atoms with Crippen molar-refractivity contribution in [1.29, 1.82) is 0 Å². The molecule has 0 radical (unpaired) electrons. The van der Waals surface area contributed by atoms with Gasteiger partial charge in [0.15, 0.2) is 0 Å². The number of alkyl halides is 3. The number of halogens is 5. The highest BCUT2D eigenvalue weighted by atomic mass is 32.2. The Morgan fingerprint density at radius 1 is 0.871 bits per heavy atom. The van der Waals surface area contributed by atoms with Crippen LogP contribution in [0.4, 0.5) is 22.0 Å². The number of benzene rings is 3. The van der Waals surface area contributed by atoms with Gasteiger partial charge in [0.1, 0.15) is 11.6 Å². The van der Waals surface area contributed by atoms with Crippen LogP contribution < -0.4 is 0 Å². The summed E-state index contributed by atoms with van der Waals surface area (Å²) < 4.78 is 71.3. The third kappa shape index (κ3) is 4.31. The molecule has 3 aromatic carbocycles. The van der Waals surface area contributed by atoms with E-state index >= 15 is 0 Å². The van der Waals surface area contributed by atoms with Crippen molar-refractivity contribution in [1.82, 2.24) is 9.29 Å². The third-order valence-electron chi connectivity index (χ3n) is 4.75. The summed E-state index contributed by atoms with van der Waals surface area (Å²) >= 11 is 1.20. The normalized spacial score (nSPS) is 12.1. The Hall–Kier alpha value is -2.84. The average molecular weight is 448 g/mol. The molecular formula is C23H17F5N2S. The molecule has 0 atom stereocenters. The summed E-state index contributed by atoms with van der Waals surface area (Å²) in [6.45, 7) is 0. The number of nitrogens with zero attached hydrogens (tertiary/aromatic N) is 1. The highest BCUT2D eigenvalue weighted by Crippen LogP contribution is 2.40. The summed E-state index contributed by atoms with van der Waals surface area (Å²) in [5.41, 5.74) is 0.236. The van der Waals surface area contributed by atoms with Gasteiger partial charge in [0.2, 0.25) is 0 Å². The van der Waals surface area contributed by atoms with Crippen LogP contribution in [0, 0.1) is 11.6 Å². The van der Waals surface area contributed by atoms with E-state index in [0.29, 0.717) is 21.4 Å². The van der Waals surface area contributed by atoms with Gasteiger partial charge >= 0.3 is 6.18 Å². The Bertz CT molecular complexity index is 1240. The molecular weight excluding hydrogens is 431 g/mol. The second kappa shape index (κ2) is 8.01. The fourth-order valence-electron chi connectivity index (χ4n) is 3.47. The Morgan fingerprint density at radius 2 is 1.58 bits per heavy atom. The molecule has 2 nitrogen and oxygen atoms in total. The molecule has 1 aromatic heterocycles. The molecule has 1 N–H and O–H groups in total. The Kier molecular flexibility index (Phi) is 5.53. The summed E-state index contributed by atoms with van der Waals surface area (Å²) in [4.78, 5) is 3.41. The van der Waals surface area contributed by atoms with Gasteiger partial charge in [-0.25, -0.2) is 8.78 Å². The minimum atomic E-state index is -4.53. The molecule has 0 amide bonds. The van der Waals surface area contributed by atoms with Crippen molar-refractivity contribution in [3.05, 3.63) is 77.9 Å². The van der Waals surface area contributed by atoms with Gasteiger partial charge in [0.05, 0.1) is 16.8 Å². The van der Waals surface area contributed by atoms with Crippen LogP contribution in [0.25, 0.3) is 33.3 Å². The molecule has 0 unspecified atom stereocenters. The zero-order valence-electron chi connectivity index (χ0n) is 16.5. The molecule has 0 spiro atoms. The molecule has 0 aliphatic rings. The fraction of sp³-hybridized carbons (Fsp3) is 0.130. The molecule has 4 aromatic rings. The molecule has 160 valence electrons. The predicted molar refractivity (Wildman–Crippen MR) is 114 cm³/mol. The summed E-state index contributed by atoms with van der Waals surface area (Å²) in [5, 5.41) is 0.551. The van der Waals surface area contributed by atoms with Gasteiger partial charge in [0.25, 0.3) is 0 Å². The first-order valence-corrected chi connectivity index (χ1v) is 10.0. The zero-order chi connectivity index (χ0) is 22.3. The molecule has 0 fully saturated rings. The number of nitrogens with one attached hydrogen (secondary N) is 1. The highest BCUT2D eigenvalue weighted by molar-refractivity contribution is 7.97. The van der Waals surface area contributed by atoms with Crippen LogP contribution in [0.2, 0.25) is 0 Å². The molecule has 0 aliphatic heterocycles. The van der Waals surface area contributed by atoms with Crippen molar-refractivity contribution in [2.75, 3.05) is 14.1 Å². The lowest BCUT2D eigenvalue weighted by Crippen LogP contribution is -2.08. The molecule has 0 bridgehead atoms. The summed E-state index contributed by atoms with van der Waals surface area (Å²) in [5.74, 6) is -1.44. The van der Waals surface area contributed by atoms with Crippen LogP contribution in [0.3, 0.4) is 0 Å². The molecule has 0 saturated heterocycles. The number of hydrogen-bond donors (Lipinski definition) is 1. The van der Waals surface area contributed by atoms with Gasteiger partial charge in [-0.05, 0) is 79.6 Å². The van der Waals surface area contributed by atoms with Crippen molar-refractivity contribution in [3.63, 3.8) is 0 Å². The Labute approximate surface area is 179 Å². The van der Waals surface area contributed by atoms with Crippen LogP contribution in [0.5, 0.6) is 0 Å². The lowest BCUT2D eigenvalue weighted by atomic mass is 9.98. The summed E-state index contributed by atoms with van der Waals surface area (Å²) in [7, 11) is 3.50. The van der Waals surface area contributed by atoms with E-state index in [9.17, 15) is 22.0 Å². The topological polar surface area (TPSA) is 19.0 Å². The maximum absolute atomic E-state index is 14.1. The van der Waals surface area contributed by atoms with Crippen LogP contribution >= 0.6 is 11.9 Å². The van der Waals surface area contributed by atoms with E-state index in [2.05, 4.69) is 4.98 Å². The third-order valence-corrected chi connectivity index (χ3v) is 5.58. The summed E-state index contributed by atoms with van der Waals surface area (Å²) in [6.07, 6.45) is -4.53. The monoisotopic (exact) mass is 448 g/mol. The highest BCUT2D eigenvalue weighted by Gasteiger charge is 2.34. The van der Waals surface area contributed by atoms with E-state index in [1.165, 1.54) is 30.1 Å². The predicted octanol–water partition coefficient (Wildman–Crippen LogP) is 7.37. The van der Waals surface area contributed by atoms with Crippen molar-refractivity contribution in [2.45, 2.75) is 11.1 Å². The Balaban J connectivity index is 1.82. The van der Waals surface area contributed by atoms with Crippen LogP contribution in [-0.2, 0) is 6.18 Å². The van der Waals surface area contributed by atoms with Crippen molar-refractivity contribution >= 4 is 22.9 Å². The first-order chi connectivity index (χ1) is 14.6. The van der Waals surface area contributed by atoms with Gasteiger partial charge in [-0.3, -0.25) is 4.31 Å². The van der Waals surface area contributed by atoms with Gasteiger partial charge in [-0.15, -0.1) is 0 Å². The number of H-pyrrole nitrogens is 1.